The first kappa shape index (κ1) is 16.1. The summed E-state index contributed by atoms with van der Waals surface area (Å²) in [5.74, 6) is -3.18. The summed E-state index contributed by atoms with van der Waals surface area (Å²) in [4.78, 5) is 23.5. The number of rotatable bonds is 4. The Morgan fingerprint density at radius 3 is 2.61 bits per heavy atom. The zero-order valence-corrected chi connectivity index (χ0v) is 11.8. The first-order valence-corrected chi connectivity index (χ1v) is 6.53. The number of halogens is 2. The molecule has 7 heteroatoms. The lowest BCUT2D eigenvalue weighted by Crippen LogP contribution is -2.33. The van der Waals surface area contributed by atoms with Gasteiger partial charge in [-0.25, -0.2) is 8.78 Å². The van der Waals surface area contributed by atoms with E-state index in [2.05, 4.69) is 10.6 Å². The van der Waals surface area contributed by atoms with Crippen molar-refractivity contribution in [3.63, 3.8) is 0 Å². The van der Waals surface area contributed by atoms with Crippen LogP contribution in [0, 0.1) is 23.0 Å². The maximum atomic E-state index is 13.4. The second-order valence-corrected chi connectivity index (χ2v) is 4.55. The Morgan fingerprint density at radius 1 is 1.13 bits per heavy atom. The fourth-order valence-corrected chi connectivity index (χ4v) is 1.80. The monoisotopic (exact) mass is 315 g/mol. The molecule has 2 N–H and O–H groups in total. The molecule has 0 aliphatic carbocycles. The molecule has 0 spiro atoms. The Labute approximate surface area is 130 Å². The zero-order chi connectivity index (χ0) is 16.8. The predicted octanol–water partition coefficient (Wildman–Crippen LogP) is 2.20. The molecular formula is C16H11F2N3O2. The average molecular weight is 315 g/mol. The standard InChI is InChI=1S/C16H11F2N3O2/c17-11-4-5-13(14(18)7-11)16(23)20-9-15(22)21-12-3-1-2-10(6-12)8-19/h1-7H,9H2,(H,20,23)(H,21,22). The maximum Gasteiger partial charge on any atom is 0.254 e. The molecule has 0 aliphatic rings. The Morgan fingerprint density at radius 2 is 1.91 bits per heavy atom. The molecule has 0 aliphatic heterocycles. The quantitative estimate of drug-likeness (QED) is 0.907. The van der Waals surface area contributed by atoms with Crippen LogP contribution in [0.15, 0.2) is 42.5 Å². The van der Waals surface area contributed by atoms with Gasteiger partial charge in [-0.15, -0.1) is 0 Å². The van der Waals surface area contributed by atoms with E-state index in [0.717, 1.165) is 12.1 Å². The third-order valence-electron chi connectivity index (χ3n) is 2.86. The number of nitrogens with one attached hydrogen (secondary N) is 2. The molecule has 23 heavy (non-hydrogen) atoms. The largest absolute Gasteiger partial charge is 0.343 e. The third-order valence-corrected chi connectivity index (χ3v) is 2.86. The van der Waals surface area contributed by atoms with E-state index < -0.39 is 30.0 Å². The normalized spacial score (nSPS) is 9.78. The minimum Gasteiger partial charge on any atom is -0.343 e. The molecule has 2 aromatic carbocycles. The number of amides is 2. The van der Waals surface area contributed by atoms with Crippen LogP contribution in [0.1, 0.15) is 15.9 Å². The minimum absolute atomic E-state index is 0.356. The highest BCUT2D eigenvalue weighted by atomic mass is 19.1. The number of hydrogen-bond acceptors (Lipinski definition) is 3. The number of nitriles is 1. The molecule has 0 unspecified atom stereocenters. The lowest BCUT2D eigenvalue weighted by Gasteiger charge is -2.08. The van der Waals surface area contributed by atoms with Crippen LogP contribution in [-0.2, 0) is 4.79 Å². The number of anilines is 1. The van der Waals surface area contributed by atoms with Crippen molar-refractivity contribution in [2.75, 3.05) is 11.9 Å². The average Bonchev–Trinajstić information content (AvgIpc) is 2.53. The lowest BCUT2D eigenvalue weighted by molar-refractivity contribution is -0.115. The van der Waals surface area contributed by atoms with Gasteiger partial charge >= 0.3 is 0 Å². The molecule has 2 aromatic rings. The van der Waals surface area contributed by atoms with Crippen LogP contribution < -0.4 is 10.6 Å². The van der Waals surface area contributed by atoms with Gasteiger partial charge in [-0.2, -0.15) is 5.26 Å². The van der Waals surface area contributed by atoms with Crippen molar-refractivity contribution in [3.8, 4) is 6.07 Å². The summed E-state index contributed by atoms with van der Waals surface area (Å²) in [7, 11) is 0. The molecule has 2 rings (SSSR count). The molecule has 0 aromatic heterocycles. The van der Waals surface area contributed by atoms with Crippen molar-refractivity contribution in [3.05, 3.63) is 65.2 Å². The van der Waals surface area contributed by atoms with Gasteiger partial charge in [0.25, 0.3) is 5.91 Å². The number of carbonyl (C=O) groups is 2. The van der Waals surface area contributed by atoms with Crippen molar-refractivity contribution < 1.29 is 18.4 Å². The molecule has 116 valence electrons. The van der Waals surface area contributed by atoms with Gasteiger partial charge in [-0.3, -0.25) is 9.59 Å². The fourth-order valence-electron chi connectivity index (χ4n) is 1.80. The topological polar surface area (TPSA) is 82.0 Å². The van der Waals surface area contributed by atoms with Crippen LogP contribution in [0.2, 0.25) is 0 Å². The molecule has 5 nitrogen and oxygen atoms in total. The molecule has 0 fully saturated rings. The van der Waals surface area contributed by atoms with Gasteiger partial charge in [0.1, 0.15) is 11.6 Å². The van der Waals surface area contributed by atoms with E-state index in [1.54, 1.807) is 18.2 Å². The molecule has 0 heterocycles. The van der Waals surface area contributed by atoms with E-state index in [4.69, 9.17) is 5.26 Å². The third kappa shape index (κ3) is 4.35. The van der Waals surface area contributed by atoms with Gasteiger partial charge in [0.15, 0.2) is 0 Å². The zero-order valence-electron chi connectivity index (χ0n) is 11.8. The van der Waals surface area contributed by atoms with Gasteiger partial charge in [0.05, 0.1) is 23.7 Å². The summed E-state index contributed by atoms with van der Waals surface area (Å²) < 4.78 is 26.2. The first-order valence-electron chi connectivity index (χ1n) is 6.53. The SMILES string of the molecule is N#Cc1cccc(NC(=O)CNC(=O)c2ccc(F)cc2F)c1. The number of hydrogen-bond donors (Lipinski definition) is 2. The molecule has 2 amide bonds. The van der Waals surface area contributed by atoms with E-state index in [1.165, 1.54) is 6.07 Å². The van der Waals surface area contributed by atoms with Crippen LogP contribution in [0.3, 0.4) is 0 Å². The molecule has 0 bridgehead atoms. The highest BCUT2D eigenvalue weighted by Crippen LogP contribution is 2.10. The van der Waals surface area contributed by atoms with Crippen molar-refractivity contribution >= 4 is 17.5 Å². The van der Waals surface area contributed by atoms with Crippen LogP contribution >= 0.6 is 0 Å². The molecule has 0 saturated heterocycles. The summed E-state index contributed by atoms with van der Waals surface area (Å²) in [5.41, 5.74) is 0.419. The molecular weight excluding hydrogens is 304 g/mol. The van der Waals surface area contributed by atoms with Crippen LogP contribution in [0.25, 0.3) is 0 Å². The van der Waals surface area contributed by atoms with Crippen LogP contribution in [0.4, 0.5) is 14.5 Å². The van der Waals surface area contributed by atoms with E-state index in [1.807, 2.05) is 6.07 Å². The van der Waals surface area contributed by atoms with E-state index >= 15 is 0 Å². The van der Waals surface area contributed by atoms with Crippen LogP contribution in [0.5, 0.6) is 0 Å². The summed E-state index contributed by atoms with van der Waals surface area (Å²) in [6.07, 6.45) is 0. The second-order valence-electron chi connectivity index (χ2n) is 4.55. The number of benzene rings is 2. The highest BCUT2D eigenvalue weighted by Gasteiger charge is 2.13. The van der Waals surface area contributed by atoms with E-state index in [0.29, 0.717) is 17.3 Å². The Bertz CT molecular complexity index is 800. The summed E-state index contributed by atoms with van der Waals surface area (Å²) in [6, 6.07) is 10.7. The van der Waals surface area contributed by atoms with Gasteiger partial charge < -0.3 is 10.6 Å². The molecule has 0 saturated carbocycles. The van der Waals surface area contributed by atoms with Crippen molar-refractivity contribution in [2.24, 2.45) is 0 Å². The van der Waals surface area contributed by atoms with Crippen molar-refractivity contribution in [1.29, 1.82) is 5.26 Å². The van der Waals surface area contributed by atoms with Crippen molar-refractivity contribution in [2.45, 2.75) is 0 Å². The number of nitrogens with zero attached hydrogens (tertiary/aromatic N) is 1. The molecule has 0 atom stereocenters. The maximum absolute atomic E-state index is 13.4. The fraction of sp³-hybridized carbons (Fsp3) is 0.0625. The summed E-state index contributed by atoms with van der Waals surface area (Å²) >= 11 is 0. The minimum atomic E-state index is -1.01. The summed E-state index contributed by atoms with van der Waals surface area (Å²) in [6.45, 7) is -0.396. The van der Waals surface area contributed by atoms with Gasteiger partial charge in [-0.05, 0) is 30.3 Å². The molecule has 0 radical (unpaired) electrons. The summed E-state index contributed by atoms with van der Waals surface area (Å²) in [5, 5.41) is 13.5. The van der Waals surface area contributed by atoms with Gasteiger partial charge in [0.2, 0.25) is 5.91 Å². The van der Waals surface area contributed by atoms with E-state index in [-0.39, 0.29) is 5.56 Å². The van der Waals surface area contributed by atoms with E-state index in [9.17, 15) is 18.4 Å². The number of carbonyl (C=O) groups excluding carboxylic acids is 2. The van der Waals surface area contributed by atoms with Gasteiger partial charge in [-0.1, -0.05) is 6.07 Å². The Hall–Kier alpha value is -3.27. The smallest absolute Gasteiger partial charge is 0.254 e. The Kier molecular flexibility index (Phi) is 5.00. The highest BCUT2D eigenvalue weighted by molar-refractivity contribution is 5.99. The van der Waals surface area contributed by atoms with Crippen molar-refractivity contribution in [1.82, 2.24) is 5.32 Å². The predicted molar refractivity (Wildman–Crippen MR) is 78.5 cm³/mol. The van der Waals surface area contributed by atoms with Crippen LogP contribution in [-0.4, -0.2) is 18.4 Å². The first-order chi connectivity index (χ1) is 11.0. The van der Waals surface area contributed by atoms with Gasteiger partial charge in [0, 0.05) is 11.8 Å². The second kappa shape index (κ2) is 7.13. The Balaban J connectivity index is 1.93. The lowest BCUT2D eigenvalue weighted by atomic mass is 10.2.